The molecular formula is C22H23N3. The number of azo groups is 1. The van der Waals surface area contributed by atoms with Crippen molar-refractivity contribution in [1.29, 1.82) is 0 Å². The number of hydrogen-bond acceptors (Lipinski definition) is 3. The van der Waals surface area contributed by atoms with Crippen LogP contribution in [0.1, 0.15) is 18.1 Å². The lowest BCUT2D eigenvalue weighted by molar-refractivity contribution is 0.832. The molecule has 3 heteroatoms. The Kier molecular flexibility index (Phi) is 5.57. The summed E-state index contributed by atoms with van der Waals surface area (Å²) >= 11 is 0. The molecule has 0 aliphatic carbocycles. The predicted molar refractivity (Wildman–Crippen MR) is 105 cm³/mol. The predicted octanol–water partition coefficient (Wildman–Crippen LogP) is 6.44. The second kappa shape index (κ2) is 8.25. The van der Waals surface area contributed by atoms with Crippen LogP contribution >= 0.6 is 0 Å². The molecule has 0 saturated carbocycles. The monoisotopic (exact) mass is 329 g/mol. The molecule has 3 nitrogen and oxygen atoms in total. The van der Waals surface area contributed by atoms with E-state index >= 15 is 0 Å². The van der Waals surface area contributed by atoms with E-state index < -0.39 is 0 Å². The van der Waals surface area contributed by atoms with E-state index in [-0.39, 0.29) is 0 Å². The minimum Gasteiger partial charge on any atom is -0.367 e. The van der Waals surface area contributed by atoms with Crippen LogP contribution in [0.25, 0.3) is 0 Å². The smallest absolute Gasteiger partial charge is 0.0859 e. The van der Waals surface area contributed by atoms with Gasteiger partial charge in [0, 0.05) is 18.8 Å². The van der Waals surface area contributed by atoms with Gasteiger partial charge >= 0.3 is 0 Å². The van der Waals surface area contributed by atoms with Crippen LogP contribution in [-0.2, 0) is 6.54 Å². The van der Waals surface area contributed by atoms with Crippen molar-refractivity contribution >= 4 is 17.1 Å². The third kappa shape index (κ3) is 4.77. The van der Waals surface area contributed by atoms with Gasteiger partial charge in [-0.15, -0.1) is 0 Å². The largest absolute Gasteiger partial charge is 0.367 e. The van der Waals surface area contributed by atoms with E-state index in [4.69, 9.17) is 0 Å². The Hall–Kier alpha value is -2.94. The highest BCUT2D eigenvalue weighted by Gasteiger charge is 2.05. The minimum atomic E-state index is 0.862. The van der Waals surface area contributed by atoms with Crippen molar-refractivity contribution in [3.05, 3.63) is 90.0 Å². The van der Waals surface area contributed by atoms with Crippen molar-refractivity contribution in [1.82, 2.24) is 0 Å². The van der Waals surface area contributed by atoms with Crippen LogP contribution in [0.2, 0.25) is 0 Å². The molecule has 0 aliphatic rings. The average Bonchev–Trinajstić information content (AvgIpc) is 2.66. The zero-order valence-corrected chi connectivity index (χ0v) is 14.8. The average molecular weight is 329 g/mol. The maximum Gasteiger partial charge on any atom is 0.0859 e. The van der Waals surface area contributed by atoms with E-state index in [0.29, 0.717) is 0 Å². The fourth-order valence-corrected chi connectivity index (χ4v) is 2.73. The van der Waals surface area contributed by atoms with Gasteiger partial charge in [0.15, 0.2) is 0 Å². The first-order valence-corrected chi connectivity index (χ1v) is 8.62. The van der Waals surface area contributed by atoms with Crippen molar-refractivity contribution in [2.24, 2.45) is 10.2 Å². The molecule has 0 unspecified atom stereocenters. The van der Waals surface area contributed by atoms with Gasteiger partial charge in [-0.1, -0.05) is 42.5 Å². The molecular weight excluding hydrogens is 306 g/mol. The molecule has 0 heterocycles. The summed E-state index contributed by atoms with van der Waals surface area (Å²) in [6.45, 7) is 6.09. The second-order valence-electron chi connectivity index (χ2n) is 6.06. The van der Waals surface area contributed by atoms with Crippen molar-refractivity contribution in [2.45, 2.75) is 20.4 Å². The quantitative estimate of drug-likeness (QED) is 0.478. The molecule has 0 saturated heterocycles. The summed E-state index contributed by atoms with van der Waals surface area (Å²) in [5, 5.41) is 8.65. The lowest BCUT2D eigenvalue weighted by Gasteiger charge is -2.23. The summed E-state index contributed by atoms with van der Waals surface area (Å²) in [4.78, 5) is 2.34. The Bertz CT molecular complexity index is 823. The van der Waals surface area contributed by atoms with Gasteiger partial charge in [-0.2, -0.15) is 10.2 Å². The van der Waals surface area contributed by atoms with Crippen molar-refractivity contribution < 1.29 is 0 Å². The Morgan fingerprint density at radius 3 is 2.16 bits per heavy atom. The van der Waals surface area contributed by atoms with Crippen LogP contribution in [0.3, 0.4) is 0 Å². The summed E-state index contributed by atoms with van der Waals surface area (Å²) in [7, 11) is 0. The second-order valence-corrected chi connectivity index (χ2v) is 6.06. The number of hydrogen-bond donors (Lipinski definition) is 0. The van der Waals surface area contributed by atoms with Crippen LogP contribution in [0.4, 0.5) is 17.1 Å². The van der Waals surface area contributed by atoms with E-state index in [1.807, 2.05) is 36.4 Å². The van der Waals surface area contributed by atoms with Gasteiger partial charge in [0.05, 0.1) is 11.4 Å². The molecule has 25 heavy (non-hydrogen) atoms. The molecule has 3 aromatic rings. The SMILES string of the molecule is CCN(Cc1ccccc1)c1ccc(N=Nc2cccc(C)c2)cc1. The van der Waals surface area contributed by atoms with Crippen LogP contribution in [0.15, 0.2) is 89.1 Å². The third-order valence-corrected chi connectivity index (χ3v) is 4.10. The molecule has 0 fully saturated rings. The van der Waals surface area contributed by atoms with Gasteiger partial charge in [-0.3, -0.25) is 0 Å². The van der Waals surface area contributed by atoms with Crippen LogP contribution in [0, 0.1) is 6.92 Å². The first-order valence-electron chi connectivity index (χ1n) is 8.62. The van der Waals surface area contributed by atoms with Gasteiger partial charge in [0.25, 0.3) is 0 Å². The van der Waals surface area contributed by atoms with E-state index in [9.17, 15) is 0 Å². The number of benzene rings is 3. The molecule has 0 spiro atoms. The molecule has 0 amide bonds. The van der Waals surface area contributed by atoms with Crippen molar-refractivity contribution in [3.63, 3.8) is 0 Å². The standard InChI is InChI=1S/C22H23N3/c1-3-25(17-19-9-5-4-6-10-19)22-14-12-20(13-15-22)23-24-21-11-7-8-18(2)16-21/h4-16H,3,17H2,1-2H3. The summed E-state index contributed by atoms with van der Waals surface area (Å²) in [5.74, 6) is 0. The number of rotatable bonds is 6. The number of aryl methyl sites for hydroxylation is 1. The summed E-state index contributed by atoms with van der Waals surface area (Å²) in [6.07, 6.45) is 0. The lowest BCUT2D eigenvalue weighted by atomic mass is 10.2. The first kappa shape index (κ1) is 16.9. The van der Waals surface area contributed by atoms with Crippen molar-refractivity contribution in [3.8, 4) is 0 Å². The fraction of sp³-hybridized carbons (Fsp3) is 0.182. The fourth-order valence-electron chi connectivity index (χ4n) is 2.73. The van der Waals surface area contributed by atoms with Crippen LogP contribution in [0.5, 0.6) is 0 Å². The minimum absolute atomic E-state index is 0.862. The van der Waals surface area contributed by atoms with E-state index in [2.05, 4.69) is 71.4 Å². The Balaban J connectivity index is 1.70. The molecule has 0 bridgehead atoms. The Labute approximate surface area is 149 Å². The van der Waals surface area contributed by atoms with E-state index in [0.717, 1.165) is 24.5 Å². The number of nitrogens with zero attached hydrogens (tertiary/aromatic N) is 3. The zero-order valence-electron chi connectivity index (χ0n) is 14.8. The lowest BCUT2D eigenvalue weighted by Crippen LogP contribution is -2.21. The van der Waals surface area contributed by atoms with Crippen LogP contribution < -0.4 is 4.90 Å². The summed E-state index contributed by atoms with van der Waals surface area (Å²) in [5.41, 5.74) is 5.43. The maximum atomic E-state index is 4.33. The van der Waals surface area contributed by atoms with E-state index in [1.165, 1.54) is 16.8 Å². The topological polar surface area (TPSA) is 28.0 Å². The Morgan fingerprint density at radius 2 is 1.48 bits per heavy atom. The molecule has 3 aromatic carbocycles. The van der Waals surface area contributed by atoms with Gasteiger partial charge < -0.3 is 4.90 Å². The van der Waals surface area contributed by atoms with Gasteiger partial charge in [0.1, 0.15) is 0 Å². The number of anilines is 1. The molecule has 0 aromatic heterocycles. The molecule has 126 valence electrons. The molecule has 0 atom stereocenters. The molecule has 0 aliphatic heterocycles. The third-order valence-electron chi connectivity index (χ3n) is 4.10. The van der Waals surface area contributed by atoms with Gasteiger partial charge in [0.2, 0.25) is 0 Å². The molecule has 0 radical (unpaired) electrons. The zero-order chi connectivity index (χ0) is 17.5. The Morgan fingerprint density at radius 1 is 0.760 bits per heavy atom. The summed E-state index contributed by atoms with van der Waals surface area (Å²) < 4.78 is 0. The highest BCUT2D eigenvalue weighted by atomic mass is 15.1. The molecule has 3 rings (SSSR count). The maximum absolute atomic E-state index is 4.33. The van der Waals surface area contributed by atoms with E-state index in [1.54, 1.807) is 0 Å². The highest BCUT2D eigenvalue weighted by Crippen LogP contribution is 2.23. The first-order chi connectivity index (χ1) is 12.2. The van der Waals surface area contributed by atoms with Gasteiger partial charge in [-0.05, 0) is 61.4 Å². The molecule has 0 N–H and O–H groups in total. The van der Waals surface area contributed by atoms with Crippen LogP contribution in [-0.4, -0.2) is 6.54 Å². The highest BCUT2D eigenvalue weighted by molar-refractivity contribution is 5.53. The van der Waals surface area contributed by atoms with Gasteiger partial charge in [-0.25, -0.2) is 0 Å². The summed E-state index contributed by atoms with van der Waals surface area (Å²) in [6, 6.07) is 26.8. The van der Waals surface area contributed by atoms with Crippen molar-refractivity contribution in [2.75, 3.05) is 11.4 Å². The normalized spacial score (nSPS) is 11.0.